The Bertz CT molecular complexity index is 437. The second kappa shape index (κ2) is 7.46. The van der Waals surface area contributed by atoms with Crippen molar-refractivity contribution in [2.24, 2.45) is 11.1 Å². The predicted molar refractivity (Wildman–Crippen MR) is 90.4 cm³/mol. The van der Waals surface area contributed by atoms with Crippen molar-refractivity contribution in [1.29, 1.82) is 0 Å². The van der Waals surface area contributed by atoms with Gasteiger partial charge in [-0.25, -0.2) is 0 Å². The molecule has 2 N–H and O–H groups in total. The van der Waals surface area contributed by atoms with Gasteiger partial charge in [-0.15, -0.1) is 0 Å². The number of hydrogen-bond donors (Lipinski definition) is 1. The zero-order valence-corrected chi connectivity index (χ0v) is 15.0. The summed E-state index contributed by atoms with van der Waals surface area (Å²) < 4.78 is 7.16. The van der Waals surface area contributed by atoms with Crippen molar-refractivity contribution in [3.8, 4) is 5.75 Å². The van der Waals surface area contributed by atoms with Crippen LogP contribution in [0.1, 0.15) is 51.7 Å². The monoisotopic (exact) mass is 341 g/mol. The number of nitrogens with two attached hydrogens (primary N) is 1. The van der Waals surface area contributed by atoms with Gasteiger partial charge in [0, 0.05) is 10.5 Å². The first-order valence-electron chi connectivity index (χ1n) is 7.40. The van der Waals surface area contributed by atoms with Crippen molar-refractivity contribution in [3.05, 3.63) is 27.7 Å². The van der Waals surface area contributed by atoms with E-state index in [9.17, 15) is 0 Å². The van der Waals surface area contributed by atoms with Crippen molar-refractivity contribution in [1.82, 2.24) is 0 Å². The van der Waals surface area contributed by atoms with Gasteiger partial charge in [-0.3, -0.25) is 0 Å². The van der Waals surface area contributed by atoms with Crippen LogP contribution in [0, 0.1) is 12.3 Å². The molecule has 1 rings (SSSR count). The average molecular weight is 342 g/mol. The van der Waals surface area contributed by atoms with E-state index in [1.54, 1.807) is 0 Å². The Hall–Kier alpha value is -0.540. The minimum Gasteiger partial charge on any atom is -0.493 e. The Morgan fingerprint density at radius 2 is 1.95 bits per heavy atom. The van der Waals surface area contributed by atoms with Crippen LogP contribution in [0.15, 0.2) is 16.6 Å². The maximum atomic E-state index is 6.10. The van der Waals surface area contributed by atoms with E-state index in [0.29, 0.717) is 5.41 Å². The van der Waals surface area contributed by atoms with Crippen LogP contribution >= 0.6 is 15.9 Å². The normalized spacial score (nSPS) is 13.3. The summed E-state index contributed by atoms with van der Waals surface area (Å²) in [6, 6.07) is 4.43. The predicted octanol–water partition coefficient (Wildman–Crippen LogP) is 4.85. The van der Waals surface area contributed by atoms with Crippen molar-refractivity contribution < 1.29 is 4.74 Å². The summed E-state index contributed by atoms with van der Waals surface area (Å²) in [5.41, 5.74) is 8.78. The van der Waals surface area contributed by atoms with Crippen LogP contribution in [0.25, 0.3) is 0 Å². The largest absolute Gasteiger partial charge is 0.493 e. The lowest BCUT2D eigenvalue weighted by Gasteiger charge is -2.21. The molecule has 114 valence electrons. The smallest absolute Gasteiger partial charge is 0.125 e. The van der Waals surface area contributed by atoms with Crippen LogP contribution in [0.5, 0.6) is 5.75 Å². The van der Waals surface area contributed by atoms with E-state index in [4.69, 9.17) is 10.5 Å². The molecule has 0 heterocycles. The van der Waals surface area contributed by atoms with Gasteiger partial charge >= 0.3 is 0 Å². The van der Waals surface area contributed by atoms with Gasteiger partial charge in [0.1, 0.15) is 5.75 Å². The molecule has 0 aliphatic rings. The number of aryl methyl sites for hydroxylation is 1. The summed E-state index contributed by atoms with van der Waals surface area (Å²) in [5.74, 6) is 1.02. The van der Waals surface area contributed by atoms with Gasteiger partial charge < -0.3 is 10.5 Å². The Labute approximate surface area is 132 Å². The summed E-state index contributed by atoms with van der Waals surface area (Å²) in [6.45, 7) is 11.7. The second-order valence-corrected chi connectivity index (χ2v) is 7.66. The van der Waals surface area contributed by atoms with Gasteiger partial charge in [0.15, 0.2) is 0 Å². The molecule has 1 unspecified atom stereocenters. The van der Waals surface area contributed by atoms with Crippen molar-refractivity contribution in [3.63, 3.8) is 0 Å². The Balaban J connectivity index is 2.86. The molecular weight excluding hydrogens is 314 g/mol. The second-order valence-electron chi connectivity index (χ2n) is 6.74. The summed E-state index contributed by atoms with van der Waals surface area (Å²) in [7, 11) is 0. The topological polar surface area (TPSA) is 35.2 Å². The van der Waals surface area contributed by atoms with Crippen LogP contribution in [0.4, 0.5) is 0 Å². The molecule has 0 radical (unpaired) electrons. The minimum absolute atomic E-state index is 0.189. The van der Waals surface area contributed by atoms with Gasteiger partial charge in [0.05, 0.1) is 6.61 Å². The lowest BCUT2D eigenvalue weighted by molar-refractivity contribution is 0.240. The van der Waals surface area contributed by atoms with E-state index in [1.165, 1.54) is 11.1 Å². The molecule has 0 fully saturated rings. The van der Waals surface area contributed by atoms with Crippen molar-refractivity contribution in [2.45, 2.75) is 59.9 Å². The summed E-state index contributed by atoms with van der Waals surface area (Å²) in [6.07, 6.45) is 2.89. The molecule has 0 saturated carbocycles. The Kier molecular flexibility index (Phi) is 6.53. The first-order valence-corrected chi connectivity index (χ1v) is 8.19. The van der Waals surface area contributed by atoms with Gasteiger partial charge in [0.2, 0.25) is 0 Å². The first kappa shape index (κ1) is 17.5. The van der Waals surface area contributed by atoms with Crippen molar-refractivity contribution in [2.75, 3.05) is 6.61 Å². The highest BCUT2D eigenvalue weighted by Gasteiger charge is 2.14. The molecule has 1 aromatic rings. The number of benzene rings is 1. The first-order chi connectivity index (χ1) is 9.23. The third-order valence-corrected chi connectivity index (χ3v) is 3.88. The molecular formula is C17H28BrNO. The SMILES string of the molecule is CCC(N)Cc1cc(Br)cc(C)c1OCCC(C)(C)C. The molecule has 0 bridgehead atoms. The fourth-order valence-electron chi connectivity index (χ4n) is 2.04. The minimum atomic E-state index is 0.189. The number of rotatable bonds is 6. The molecule has 0 saturated heterocycles. The van der Waals surface area contributed by atoms with Gasteiger partial charge in [-0.2, -0.15) is 0 Å². The van der Waals surface area contributed by atoms with E-state index < -0.39 is 0 Å². The maximum absolute atomic E-state index is 6.10. The van der Waals surface area contributed by atoms with E-state index >= 15 is 0 Å². The van der Waals surface area contributed by atoms with Crippen LogP contribution < -0.4 is 10.5 Å². The fraction of sp³-hybridized carbons (Fsp3) is 0.647. The lowest BCUT2D eigenvalue weighted by atomic mass is 9.93. The zero-order valence-electron chi connectivity index (χ0n) is 13.4. The summed E-state index contributed by atoms with van der Waals surface area (Å²) >= 11 is 3.56. The van der Waals surface area contributed by atoms with Crippen LogP contribution in [0.3, 0.4) is 0 Å². The van der Waals surface area contributed by atoms with Crippen LogP contribution in [-0.4, -0.2) is 12.6 Å². The van der Waals surface area contributed by atoms with Crippen LogP contribution in [0.2, 0.25) is 0 Å². The average Bonchev–Trinajstić information content (AvgIpc) is 2.30. The van der Waals surface area contributed by atoms with E-state index in [2.05, 4.69) is 62.7 Å². The number of halogens is 1. The summed E-state index contributed by atoms with van der Waals surface area (Å²) in [4.78, 5) is 0. The van der Waals surface area contributed by atoms with Gasteiger partial charge in [-0.05, 0) is 54.9 Å². The van der Waals surface area contributed by atoms with E-state index in [0.717, 1.165) is 36.1 Å². The van der Waals surface area contributed by atoms with Crippen molar-refractivity contribution >= 4 is 15.9 Å². The third-order valence-electron chi connectivity index (χ3n) is 3.42. The highest BCUT2D eigenvalue weighted by Crippen LogP contribution is 2.30. The molecule has 0 aliphatic carbocycles. The molecule has 0 spiro atoms. The van der Waals surface area contributed by atoms with E-state index in [1.807, 2.05) is 0 Å². The summed E-state index contributed by atoms with van der Waals surface area (Å²) in [5, 5.41) is 0. The zero-order chi connectivity index (χ0) is 15.3. The Morgan fingerprint density at radius 1 is 1.30 bits per heavy atom. The maximum Gasteiger partial charge on any atom is 0.125 e. The molecule has 0 amide bonds. The quantitative estimate of drug-likeness (QED) is 0.802. The van der Waals surface area contributed by atoms with Gasteiger partial charge in [0.25, 0.3) is 0 Å². The highest BCUT2D eigenvalue weighted by atomic mass is 79.9. The highest BCUT2D eigenvalue weighted by molar-refractivity contribution is 9.10. The molecule has 0 aliphatic heterocycles. The molecule has 0 aromatic heterocycles. The molecule has 1 atom stereocenters. The molecule has 1 aromatic carbocycles. The lowest BCUT2D eigenvalue weighted by Crippen LogP contribution is -2.22. The molecule has 3 heteroatoms. The third kappa shape index (κ3) is 5.84. The fourth-order valence-corrected chi connectivity index (χ4v) is 2.66. The molecule has 20 heavy (non-hydrogen) atoms. The Morgan fingerprint density at radius 3 is 2.50 bits per heavy atom. The standard InChI is InChI=1S/C17H28BrNO/c1-6-15(19)11-13-10-14(18)9-12(2)16(13)20-8-7-17(3,4)5/h9-10,15H,6-8,11,19H2,1-5H3. The number of hydrogen-bond acceptors (Lipinski definition) is 2. The van der Waals surface area contributed by atoms with E-state index in [-0.39, 0.29) is 6.04 Å². The number of ether oxygens (including phenoxy) is 1. The molecule has 2 nitrogen and oxygen atoms in total. The van der Waals surface area contributed by atoms with Crippen LogP contribution in [-0.2, 0) is 6.42 Å². The van der Waals surface area contributed by atoms with Gasteiger partial charge in [-0.1, -0.05) is 43.6 Å².